The molecule has 2 aromatic rings. The van der Waals surface area contributed by atoms with Gasteiger partial charge in [0.1, 0.15) is 5.69 Å². The maximum atomic E-state index is 11.1. The number of carboxylic acids is 1. The van der Waals surface area contributed by atoms with Crippen molar-refractivity contribution in [3.05, 3.63) is 23.1 Å². The predicted octanol–water partition coefficient (Wildman–Crippen LogP) is 1.25. The van der Waals surface area contributed by atoms with E-state index >= 15 is 0 Å². The van der Waals surface area contributed by atoms with Crippen LogP contribution in [0.4, 0.5) is 0 Å². The number of carboxylic acid groups (broad SMARTS) is 1. The molecule has 2 aromatic heterocycles. The van der Waals surface area contributed by atoms with E-state index in [4.69, 9.17) is 5.11 Å². The van der Waals surface area contributed by atoms with E-state index in [0.717, 1.165) is 0 Å². The normalized spacial score (nSPS) is 11.2. The van der Waals surface area contributed by atoms with Crippen LogP contribution in [-0.2, 0) is 0 Å². The summed E-state index contributed by atoms with van der Waals surface area (Å²) in [7, 11) is 0. The Morgan fingerprint density at radius 3 is 2.75 bits per heavy atom. The average molecular weight is 220 g/mol. The second-order valence-corrected chi connectivity index (χ2v) is 3.93. The first-order valence-corrected chi connectivity index (χ1v) is 4.96. The number of rotatable bonds is 2. The van der Waals surface area contributed by atoms with Crippen LogP contribution in [0.15, 0.2) is 6.20 Å². The van der Waals surface area contributed by atoms with Gasteiger partial charge in [0.05, 0.1) is 11.3 Å². The Kier molecular flexibility index (Phi) is 2.34. The summed E-state index contributed by atoms with van der Waals surface area (Å²) >= 11 is 0. The number of hydrogen-bond donors (Lipinski definition) is 1. The van der Waals surface area contributed by atoms with E-state index in [0.29, 0.717) is 17.0 Å². The number of carbonyl (C=O) groups is 1. The molecule has 0 aliphatic heterocycles. The van der Waals surface area contributed by atoms with E-state index in [1.54, 1.807) is 6.92 Å². The molecule has 0 atom stereocenters. The minimum atomic E-state index is -0.994. The van der Waals surface area contributed by atoms with Gasteiger partial charge in [-0.05, 0) is 12.8 Å². The van der Waals surface area contributed by atoms with E-state index in [1.807, 2.05) is 13.8 Å². The molecular formula is C10H12N4O2. The summed E-state index contributed by atoms with van der Waals surface area (Å²) in [4.78, 5) is 15.1. The smallest absolute Gasteiger partial charge is 0.339 e. The molecule has 0 saturated heterocycles. The van der Waals surface area contributed by atoms with Crippen LogP contribution >= 0.6 is 0 Å². The lowest BCUT2D eigenvalue weighted by atomic mass is 10.1. The second kappa shape index (κ2) is 3.55. The summed E-state index contributed by atoms with van der Waals surface area (Å²) in [5.41, 5.74) is 2.10. The van der Waals surface area contributed by atoms with Crippen molar-refractivity contribution in [3.8, 4) is 0 Å². The van der Waals surface area contributed by atoms with Crippen molar-refractivity contribution < 1.29 is 9.90 Å². The zero-order valence-electron chi connectivity index (χ0n) is 9.30. The fourth-order valence-electron chi connectivity index (χ4n) is 1.69. The van der Waals surface area contributed by atoms with E-state index in [2.05, 4.69) is 15.3 Å². The molecule has 0 bridgehead atoms. The summed E-state index contributed by atoms with van der Waals surface area (Å²) in [6.45, 7) is 5.62. The lowest BCUT2D eigenvalue weighted by molar-refractivity contribution is 0.0693. The van der Waals surface area contributed by atoms with Crippen LogP contribution in [0.3, 0.4) is 0 Å². The van der Waals surface area contributed by atoms with Gasteiger partial charge in [-0.1, -0.05) is 19.1 Å². The number of aromatic nitrogens is 4. The lowest BCUT2D eigenvalue weighted by Crippen LogP contribution is -2.11. The Labute approximate surface area is 91.9 Å². The molecule has 2 heterocycles. The lowest BCUT2D eigenvalue weighted by Gasteiger charge is -2.10. The number of fused-ring (bicyclic) bond motifs is 1. The highest BCUT2D eigenvalue weighted by Gasteiger charge is 2.19. The van der Waals surface area contributed by atoms with Crippen LogP contribution in [0.25, 0.3) is 5.65 Å². The third-order valence-electron chi connectivity index (χ3n) is 2.41. The van der Waals surface area contributed by atoms with Crippen LogP contribution in [0.2, 0.25) is 0 Å². The molecule has 16 heavy (non-hydrogen) atoms. The zero-order chi connectivity index (χ0) is 11.9. The standard InChI is InChI=1S/C10H12N4O2/c1-5(2)8-7(10(15)16)4-11-9-6(3)12-13-14(8)9/h4-5H,1-3H3,(H,15,16). The largest absolute Gasteiger partial charge is 0.478 e. The highest BCUT2D eigenvalue weighted by molar-refractivity contribution is 5.89. The van der Waals surface area contributed by atoms with Crippen molar-refractivity contribution in [2.24, 2.45) is 0 Å². The van der Waals surface area contributed by atoms with Gasteiger partial charge in [0.25, 0.3) is 0 Å². The molecule has 6 nitrogen and oxygen atoms in total. The quantitative estimate of drug-likeness (QED) is 0.823. The van der Waals surface area contributed by atoms with Crippen molar-refractivity contribution in [1.82, 2.24) is 19.8 Å². The van der Waals surface area contributed by atoms with Gasteiger partial charge < -0.3 is 5.11 Å². The molecule has 0 amide bonds. The minimum absolute atomic E-state index is 0.0395. The first-order valence-electron chi connectivity index (χ1n) is 4.96. The minimum Gasteiger partial charge on any atom is -0.478 e. The Hall–Kier alpha value is -1.98. The Morgan fingerprint density at radius 2 is 2.19 bits per heavy atom. The van der Waals surface area contributed by atoms with Gasteiger partial charge in [-0.15, -0.1) is 5.10 Å². The van der Waals surface area contributed by atoms with Gasteiger partial charge in [-0.2, -0.15) is 4.52 Å². The zero-order valence-corrected chi connectivity index (χ0v) is 9.30. The van der Waals surface area contributed by atoms with Gasteiger partial charge in [-0.3, -0.25) is 0 Å². The molecule has 1 N–H and O–H groups in total. The maximum Gasteiger partial charge on any atom is 0.339 e. The molecule has 0 radical (unpaired) electrons. The molecule has 84 valence electrons. The average Bonchev–Trinajstić information content (AvgIpc) is 2.58. The SMILES string of the molecule is Cc1nnn2c(C(C)C)c(C(=O)O)cnc12. The highest BCUT2D eigenvalue weighted by atomic mass is 16.4. The van der Waals surface area contributed by atoms with Crippen LogP contribution in [0.1, 0.15) is 41.5 Å². The Morgan fingerprint density at radius 1 is 1.50 bits per heavy atom. The summed E-state index contributed by atoms with van der Waals surface area (Å²) < 4.78 is 1.50. The molecular weight excluding hydrogens is 208 g/mol. The Balaban J connectivity index is 2.84. The van der Waals surface area contributed by atoms with Crippen LogP contribution < -0.4 is 0 Å². The first kappa shape index (κ1) is 10.5. The molecule has 0 saturated carbocycles. The molecule has 0 aliphatic carbocycles. The third kappa shape index (κ3) is 1.42. The fraction of sp³-hybridized carbons (Fsp3) is 0.400. The molecule has 0 fully saturated rings. The molecule has 0 unspecified atom stereocenters. The number of aromatic carboxylic acids is 1. The summed E-state index contributed by atoms with van der Waals surface area (Å²) in [6, 6.07) is 0. The van der Waals surface area contributed by atoms with Crippen molar-refractivity contribution in [3.63, 3.8) is 0 Å². The van der Waals surface area contributed by atoms with Gasteiger partial charge in [0, 0.05) is 6.20 Å². The molecule has 0 aliphatic rings. The van der Waals surface area contributed by atoms with Crippen molar-refractivity contribution >= 4 is 11.6 Å². The van der Waals surface area contributed by atoms with Gasteiger partial charge in [-0.25, -0.2) is 9.78 Å². The maximum absolute atomic E-state index is 11.1. The van der Waals surface area contributed by atoms with Crippen molar-refractivity contribution in [2.75, 3.05) is 0 Å². The predicted molar refractivity (Wildman–Crippen MR) is 56.6 cm³/mol. The first-order chi connectivity index (χ1) is 7.52. The summed E-state index contributed by atoms with van der Waals surface area (Å²) in [5.74, 6) is -0.955. The van der Waals surface area contributed by atoms with Gasteiger partial charge >= 0.3 is 5.97 Å². The molecule has 0 aromatic carbocycles. The monoisotopic (exact) mass is 220 g/mol. The summed E-state index contributed by atoms with van der Waals surface area (Å²) in [6.07, 6.45) is 1.36. The highest BCUT2D eigenvalue weighted by Crippen LogP contribution is 2.20. The molecule has 6 heteroatoms. The summed E-state index contributed by atoms with van der Waals surface area (Å²) in [5, 5.41) is 16.9. The van der Waals surface area contributed by atoms with Gasteiger partial charge in [0.15, 0.2) is 5.65 Å². The number of nitrogens with zero attached hydrogens (tertiary/aromatic N) is 4. The van der Waals surface area contributed by atoms with E-state index in [-0.39, 0.29) is 11.5 Å². The Bertz CT molecular complexity index is 559. The van der Waals surface area contributed by atoms with Crippen molar-refractivity contribution in [2.45, 2.75) is 26.7 Å². The van der Waals surface area contributed by atoms with E-state index in [9.17, 15) is 4.79 Å². The van der Waals surface area contributed by atoms with E-state index in [1.165, 1.54) is 10.7 Å². The topological polar surface area (TPSA) is 80.4 Å². The third-order valence-corrected chi connectivity index (χ3v) is 2.41. The van der Waals surface area contributed by atoms with Crippen LogP contribution in [0, 0.1) is 6.92 Å². The van der Waals surface area contributed by atoms with Crippen LogP contribution in [0.5, 0.6) is 0 Å². The van der Waals surface area contributed by atoms with Crippen LogP contribution in [-0.4, -0.2) is 30.9 Å². The molecule has 2 rings (SSSR count). The molecule has 0 spiro atoms. The van der Waals surface area contributed by atoms with Gasteiger partial charge in [0.2, 0.25) is 0 Å². The van der Waals surface area contributed by atoms with E-state index < -0.39 is 5.97 Å². The number of aryl methyl sites for hydroxylation is 1. The second-order valence-electron chi connectivity index (χ2n) is 3.93. The fourth-order valence-corrected chi connectivity index (χ4v) is 1.69. The van der Waals surface area contributed by atoms with Crippen molar-refractivity contribution in [1.29, 1.82) is 0 Å². The number of hydrogen-bond acceptors (Lipinski definition) is 4.